The lowest BCUT2D eigenvalue weighted by Gasteiger charge is -2.34. The molecule has 0 spiro atoms. The summed E-state index contributed by atoms with van der Waals surface area (Å²) in [5.74, 6) is 0.818. The summed E-state index contributed by atoms with van der Waals surface area (Å²) >= 11 is 0. The molecule has 31 heavy (non-hydrogen) atoms. The zero-order valence-electron chi connectivity index (χ0n) is 19.1. The van der Waals surface area contributed by atoms with E-state index in [1.54, 1.807) is 0 Å². The van der Waals surface area contributed by atoms with Crippen molar-refractivity contribution in [2.45, 2.75) is 58.8 Å². The third kappa shape index (κ3) is 4.50. The van der Waals surface area contributed by atoms with Gasteiger partial charge in [-0.3, -0.25) is 14.4 Å². The Morgan fingerprint density at radius 2 is 2.13 bits per heavy atom. The van der Waals surface area contributed by atoms with E-state index in [0.717, 1.165) is 42.2 Å². The fraction of sp³-hybridized carbons (Fsp3) is 0.522. The maximum Gasteiger partial charge on any atom is 0.239 e. The van der Waals surface area contributed by atoms with Crippen molar-refractivity contribution in [3.63, 3.8) is 0 Å². The average molecular weight is 424 g/mol. The third-order valence-electron chi connectivity index (χ3n) is 5.93. The highest BCUT2D eigenvalue weighted by Gasteiger charge is 2.33. The molecule has 3 aromatic rings. The van der Waals surface area contributed by atoms with Crippen LogP contribution in [-0.2, 0) is 16.9 Å². The molecule has 166 valence electrons. The van der Waals surface area contributed by atoms with Gasteiger partial charge < -0.3 is 15.0 Å². The molecule has 0 saturated carbocycles. The standard InChI is InChI=1S/C23H33N7O/c1-16(2)30-11-8-18(27-30)14-28-12-9-24-19(15-28)21(31)26-23(4,5)22-25-13-20-17(3)7-6-10-29(20)22/h6-8,10-11,13,16,19,24H,9,12,14-15H2,1-5H3,(H,26,31)/t19-/m0/s1. The summed E-state index contributed by atoms with van der Waals surface area (Å²) in [6, 6.07) is 6.21. The number of hydrogen-bond donors (Lipinski definition) is 2. The Kier molecular flexibility index (Phi) is 5.85. The Hall–Kier alpha value is -2.71. The van der Waals surface area contributed by atoms with Gasteiger partial charge >= 0.3 is 0 Å². The number of hydrogen-bond acceptors (Lipinski definition) is 5. The Labute approximate surface area is 183 Å². The summed E-state index contributed by atoms with van der Waals surface area (Å²) in [7, 11) is 0. The van der Waals surface area contributed by atoms with Crippen LogP contribution in [0.15, 0.2) is 36.8 Å². The van der Waals surface area contributed by atoms with Gasteiger partial charge in [-0.1, -0.05) is 6.07 Å². The summed E-state index contributed by atoms with van der Waals surface area (Å²) < 4.78 is 4.03. The van der Waals surface area contributed by atoms with Gasteiger partial charge in [0.2, 0.25) is 5.91 Å². The van der Waals surface area contributed by atoms with Crippen molar-refractivity contribution in [3.8, 4) is 0 Å². The van der Waals surface area contributed by atoms with E-state index in [4.69, 9.17) is 0 Å². The summed E-state index contributed by atoms with van der Waals surface area (Å²) in [5, 5.41) is 11.2. The van der Waals surface area contributed by atoms with Crippen LogP contribution in [0.1, 0.15) is 50.8 Å². The van der Waals surface area contributed by atoms with Crippen molar-refractivity contribution >= 4 is 11.4 Å². The fourth-order valence-corrected chi connectivity index (χ4v) is 4.18. The fourth-order valence-electron chi connectivity index (χ4n) is 4.18. The molecule has 4 rings (SSSR count). The van der Waals surface area contributed by atoms with Gasteiger partial charge in [-0.2, -0.15) is 5.10 Å². The van der Waals surface area contributed by atoms with Crippen molar-refractivity contribution in [2.75, 3.05) is 19.6 Å². The SMILES string of the molecule is Cc1cccn2c(C(C)(C)NC(=O)[C@@H]3CN(Cc4ccn(C(C)C)n4)CCN3)ncc12. The van der Waals surface area contributed by atoms with Gasteiger partial charge in [0.05, 0.1) is 29.0 Å². The van der Waals surface area contributed by atoms with E-state index in [9.17, 15) is 4.79 Å². The number of fused-ring (bicyclic) bond motifs is 1. The van der Waals surface area contributed by atoms with E-state index in [2.05, 4.69) is 62.9 Å². The molecular formula is C23H33N7O. The van der Waals surface area contributed by atoms with Gasteiger partial charge in [0.15, 0.2) is 0 Å². The Balaban J connectivity index is 1.42. The van der Waals surface area contributed by atoms with E-state index in [-0.39, 0.29) is 11.9 Å². The lowest BCUT2D eigenvalue weighted by Crippen LogP contribution is -2.59. The lowest BCUT2D eigenvalue weighted by molar-refractivity contribution is -0.126. The molecule has 4 heterocycles. The van der Waals surface area contributed by atoms with Crippen molar-refractivity contribution in [3.05, 3.63) is 53.9 Å². The van der Waals surface area contributed by atoms with Crippen LogP contribution in [0, 0.1) is 6.92 Å². The van der Waals surface area contributed by atoms with Crippen molar-refractivity contribution < 1.29 is 4.79 Å². The maximum absolute atomic E-state index is 13.1. The highest BCUT2D eigenvalue weighted by atomic mass is 16.2. The molecule has 1 atom stereocenters. The molecule has 0 aromatic carbocycles. The molecular weight excluding hydrogens is 390 g/mol. The molecule has 1 amide bonds. The predicted octanol–water partition coefficient (Wildman–Crippen LogP) is 2.25. The molecule has 0 aliphatic carbocycles. The third-order valence-corrected chi connectivity index (χ3v) is 5.93. The summed E-state index contributed by atoms with van der Waals surface area (Å²) in [5.41, 5.74) is 2.65. The molecule has 8 heteroatoms. The van der Waals surface area contributed by atoms with Crippen LogP contribution in [0.4, 0.5) is 0 Å². The first-order chi connectivity index (χ1) is 14.7. The van der Waals surface area contributed by atoms with E-state index in [0.29, 0.717) is 12.6 Å². The lowest BCUT2D eigenvalue weighted by atomic mass is 10.0. The van der Waals surface area contributed by atoms with E-state index in [1.807, 2.05) is 43.2 Å². The summed E-state index contributed by atoms with van der Waals surface area (Å²) in [6.07, 6.45) is 5.89. The first-order valence-electron chi connectivity index (χ1n) is 11.0. The van der Waals surface area contributed by atoms with Crippen molar-refractivity contribution in [1.82, 2.24) is 34.7 Å². The van der Waals surface area contributed by atoms with Gasteiger partial charge in [-0.25, -0.2) is 4.98 Å². The molecule has 2 N–H and O–H groups in total. The Morgan fingerprint density at radius 1 is 1.32 bits per heavy atom. The van der Waals surface area contributed by atoms with Crippen LogP contribution in [0.2, 0.25) is 0 Å². The molecule has 1 aliphatic rings. The number of nitrogens with zero attached hydrogens (tertiary/aromatic N) is 5. The minimum Gasteiger partial charge on any atom is -0.343 e. The zero-order chi connectivity index (χ0) is 22.2. The van der Waals surface area contributed by atoms with Crippen LogP contribution in [-0.4, -0.2) is 55.6 Å². The number of aromatic nitrogens is 4. The monoisotopic (exact) mass is 423 g/mol. The average Bonchev–Trinajstić information content (AvgIpc) is 3.36. The number of pyridine rings is 1. The minimum absolute atomic E-state index is 0.00758. The normalized spacial score (nSPS) is 18.1. The van der Waals surface area contributed by atoms with Crippen LogP contribution in [0.5, 0.6) is 0 Å². The molecule has 1 saturated heterocycles. The molecule has 0 bridgehead atoms. The Bertz CT molecular complexity index is 1070. The quantitative estimate of drug-likeness (QED) is 0.636. The van der Waals surface area contributed by atoms with Crippen LogP contribution >= 0.6 is 0 Å². The highest BCUT2D eigenvalue weighted by molar-refractivity contribution is 5.83. The van der Waals surface area contributed by atoms with Crippen LogP contribution in [0.25, 0.3) is 5.52 Å². The minimum atomic E-state index is -0.600. The summed E-state index contributed by atoms with van der Waals surface area (Å²) in [6.45, 7) is 13.4. The number of nitrogens with one attached hydrogen (secondary N) is 2. The molecule has 8 nitrogen and oxygen atoms in total. The first-order valence-corrected chi connectivity index (χ1v) is 11.0. The van der Waals surface area contributed by atoms with Gasteiger partial charge in [0.1, 0.15) is 5.82 Å². The number of rotatable bonds is 6. The van der Waals surface area contributed by atoms with Gasteiger partial charge in [-0.05, 0) is 52.3 Å². The molecule has 0 radical (unpaired) electrons. The largest absolute Gasteiger partial charge is 0.343 e. The van der Waals surface area contributed by atoms with Crippen molar-refractivity contribution in [1.29, 1.82) is 0 Å². The molecule has 1 fully saturated rings. The Morgan fingerprint density at radius 3 is 2.87 bits per heavy atom. The topological polar surface area (TPSA) is 79.5 Å². The summed E-state index contributed by atoms with van der Waals surface area (Å²) in [4.78, 5) is 20.1. The van der Waals surface area contributed by atoms with E-state index >= 15 is 0 Å². The molecule has 1 aliphatic heterocycles. The van der Waals surface area contributed by atoms with Gasteiger partial charge in [0, 0.05) is 44.6 Å². The maximum atomic E-state index is 13.1. The highest BCUT2D eigenvalue weighted by Crippen LogP contribution is 2.22. The van der Waals surface area contributed by atoms with Crippen molar-refractivity contribution in [2.24, 2.45) is 0 Å². The number of aryl methyl sites for hydroxylation is 1. The van der Waals surface area contributed by atoms with Crippen LogP contribution in [0.3, 0.4) is 0 Å². The second-order valence-corrected chi connectivity index (χ2v) is 9.27. The van der Waals surface area contributed by atoms with Gasteiger partial charge in [-0.15, -0.1) is 0 Å². The number of imidazole rings is 1. The van der Waals surface area contributed by atoms with E-state index < -0.39 is 5.54 Å². The zero-order valence-corrected chi connectivity index (χ0v) is 19.1. The second kappa shape index (κ2) is 8.43. The first kappa shape index (κ1) is 21.5. The molecule has 3 aromatic heterocycles. The van der Waals surface area contributed by atoms with Gasteiger partial charge in [0.25, 0.3) is 0 Å². The number of amides is 1. The number of piperazine rings is 1. The predicted molar refractivity (Wildman–Crippen MR) is 121 cm³/mol. The van der Waals surface area contributed by atoms with Crippen LogP contribution < -0.4 is 10.6 Å². The van der Waals surface area contributed by atoms with E-state index in [1.165, 1.54) is 0 Å². The number of carbonyl (C=O) groups is 1. The number of carbonyl (C=O) groups excluding carboxylic acids is 1. The smallest absolute Gasteiger partial charge is 0.239 e. The molecule has 0 unspecified atom stereocenters. The second-order valence-electron chi connectivity index (χ2n) is 9.27.